The second-order valence-corrected chi connectivity index (χ2v) is 6.14. The molecule has 102 valence electrons. The number of hydrogen-bond acceptors (Lipinski definition) is 3. The monoisotopic (exact) mass is 282 g/mol. The topological polar surface area (TPSA) is 43.4 Å². The molecule has 0 saturated carbocycles. The van der Waals surface area contributed by atoms with Gasteiger partial charge >= 0.3 is 6.18 Å². The maximum absolute atomic E-state index is 12.4. The Morgan fingerprint density at radius 1 is 1.22 bits per heavy atom. The number of rotatable bonds is 4. The molecule has 0 fully saturated rings. The molecule has 1 aromatic carbocycles. The summed E-state index contributed by atoms with van der Waals surface area (Å²) in [4.78, 5) is 0. The van der Waals surface area contributed by atoms with Gasteiger partial charge in [0.05, 0.1) is 18.8 Å². The van der Waals surface area contributed by atoms with E-state index in [4.69, 9.17) is 4.74 Å². The van der Waals surface area contributed by atoms with E-state index in [1.54, 1.807) is 0 Å². The number of methoxy groups -OCH3 is 1. The van der Waals surface area contributed by atoms with Crippen molar-refractivity contribution in [3.05, 3.63) is 29.8 Å². The molecule has 0 radical (unpaired) electrons. The van der Waals surface area contributed by atoms with Crippen molar-refractivity contribution in [2.45, 2.75) is 17.8 Å². The van der Waals surface area contributed by atoms with Gasteiger partial charge in [0, 0.05) is 6.26 Å². The first-order valence-corrected chi connectivity index (χ1v) is 6.98. The van der Waals surface area contributed by atoms with Gasteiger partial charge in [0.15, 0.2) is 9.84 Å². The maximum atomic E-state index is 12.4. The first-order valence-electron chi connectivity index (χ1n) is 5.03. The highest BCUT2D eigenvalue weighted by Gasteiger charge is 2.37. The average molecular weight is 282 g/mol. The number of sulfone groups is 1. The third-order valence-electron chi connectivity index (χ3n) is 2.42. The van der Waals surface area contributed by atoms with Crippen LogP contribution in [0.15, 0.2) is 24.3 Å². The van der Waals surface area contributed by atoms with Crippen LogP contribution in [0.5, 0.6) is 5.75 Å². The summed E-state index contributed by atoms with van der Waals surface area (Å²) < 4.78 is 64.9. The Labute approximate surface area is 103 Å². The van der Waals surface area contributed by atoms with Crippen LogP contribution in [0.4, 0.5) is 13.2 Å². The van der Waals surface area contributed by atoms with Gasteiger partial charge in [-0.1, -0.05) is 12.1 Å². The van der Waals surface area contributed by atoms with Crippen LogP contribution in [0.1, 0.15) is 17.2 Å². The first kappa shape index (κ1) is 14.8. The highest BCUT2D eigenvalue weighted by molar-refractivity contribution is 7.90. The summed E-state index contributed by atoms with van der Waals surface area (Å²) in [6.07, 6.45) is -5.13. The predicted octanol–water partition coefficient (Wildman–Crippen LogP) is 2.73. The lowest BCUT2D eigenvalue weighted by Crippen LogP contribution is -2.20. The van der Waals surface area contributed by atoms with Crippen molar-refractivity contribution in [3.8, 4) is 5.75 Å². The van der Waals surface area contributed by atoms with Crippen LogP contribution in [-0.2, 0) is 9.84 Å². The van der Waals surface area contributed by atoms with Gasteiger partial charge in [-0.3, -0.25) is 0 Å². The number of ether oxygens (including phenoxy) is 1. The number of hydrogen-bond donors (Lipinski definition) is 0. The Kier molecular flexibility index (Phi) is 4.26. The molecule has 0 saturated heterocycles. The quantitative estimate of drug-likeness (QED) is 0.853. The largest absolute Gasteiger partial charge is 0.497 e. The molecule has 1 unspecified atom stereocenters. The van der Waals surface area contributed by atoms with E-state index < -0.39 is 27.7 Å². The molecule has 0 amide bonds. The Bertz CT molecular complexity index is 491. The minimum Gasteiger partial charge on any atom is -0.497 e. The van der Waals surface area contributed by atoms with Crippen LogP contribution in [0.2, 0.25) is 0 Å². The minimum atomic E-state index is -4.53. The van der Waals surface area contributed by atoms with Crippen LogP contribution in [0.3, 0.4) is 0 Å². The molecule has 0 spiro atoms. The fourth-order valence-electron chi connectivity index (χ4n) is 1.55. The van der Waals surface area contributed by atoms with Gasteiger partial charge in [0.25, 0.3) is 0 Å². The molecule has 7 heteroatoms. The highest BCUT2D eigenvalue weighted by Crippen LogP contribution is 2.35. The van der Waals surface area contributed by atoms with Crippen LogP contribution in [-0.4, -0.2) is 28.0 Å². The smallest absolute Gasteiger partial charge is 0.390 e. The highest BCUT2D eigenvalue weighted by atomic mass is 32.2. The first-order chi connectivity index (χ1) is 8.13. The normalized spacial score (nSPS) is 14.3. The zero-order chi connectivity index (χ0) is 14.0. The summed E-state index contributed by atoms with van der Waals surface area (Å²) >= 11 is 0. The second kappa shape index (κ2) is 5.17. The minimum absolute atomic E-state index is 0.107. The summed E-state index contributed by atoms with van der Waals surface area (Å²) in [5.74, 6) is 0.456. The molecule has 0 aromatic heterocycles. The van der Waals surface area contributed by atoms with E-state index in [-0.39, 0.29) is 5.56 Å². The van der Waals surface area contributed by atoms with Gasteiger partial charge in [-0.25, -0.2) is 8.42 Å². The van der Waals surface area contributed by atoms with Crippen LogP contribution < -0.4 is 4.74 Å². The molecule has 18 heavy (non-hydrogen) atoms. The Balaban J connectivity index is 3.10. The van der Waals surface area contributed by atoms with Gasteiger partial charge in [-0.05, 0) is 17.7 Å². The number of halogens is 3. The molecule has 0 N–H and O–H groups in total. The van der Waals surface area contributed by atoms with E-state index >= 15 is 0 Å². The van der Waals surface area contributed by atoms with Crippen LogP contribution in [0.25, 0.3) is 0 Å². The fourth-order valence-corrected chi connectivity index (χ4v) is 2.69. The van der Waals surface area contributed by atoms with Crippen molar-refractivity contribution >= 4 is 9.84 Å². The third kappa shape index (κ3) is 4.21. The molecule has 1 aromatic rings. The van der Waals surface area contributed by atoms with Crippen LogP contribution in [0, 0.1) is 0 Å². The molecule has 1 atom stereocenters. The zero-order valence-electron chi connectivity index (χ0n) is 9.86. The van der Waals surface area contributed by atoms with E-state index in [1.807, 2.05) is 0 Å². The summed E-state index contributed by atoms with van der Waals surface area (Å²) in [6.45, 7) is 0. The Hall–Kier alpha value is -1.24. The summed E-state index contributed by atoms with van der Waals surface area (Å²) in [5.41, 5.74) is 0.107. The maximum Gasteiger partial charge on any atom is 0.390 e. The lowest BCUT2D eigenvalue weighted by atomic mass is 10.1. The Morgan fingerprint density at radius 3 is 2.06 bits per heavy atom. The molecule has 0 heterocycles. The SMILES string of the molecule is COc1ccc(C(CC(F)(F)F)S(C)(=O)=O)cc1. The van der Waals surface area contributed by atoms with Crippen molar-refractivity contribution in [2.75, 3.05) is 13.4 Å². The third-order valence-corrected chi connectivity index (χ3v) is 3.89. The fraction of sp³-hybridized carbons (Fsp3) is 0.455. The van der Waals surface area contributed by atoms with Gasteiger partial charge in [0.1, 0.15) is 5.75 Å². The van der Waals surface area contributed by atoms with E-state index in [2.05, 4.69) is 0 Å². The molecule has 0 aliphatic carbocycles. The van der Waals surface area contributed by atoms with Crippen LogP contribution >= 0.6 is 0 Å². The zero-order valence-corrected chi connectivity index (χ0v) is 10.7. The molecule has 0 bridgehead atoms. The van der Waals surface area contributed by atoms with Gasteiger partial charge in [0.2, 0.25) is 0 Å². The summed E-state index contributed by atoms with van der Waals surface area (Å²) in [5, 5.41) is -1.58. The number of benzene rings is 1. The number of alkyl halides is 3. The van der Waals surface area contributed by atoms with E-state index in [1.165, 1.54) is 31.4 Å². The summed E-state index contributed by atoms with van der Waals surface area (Å²) in [7, 11) is -2.42. The lowest BCUT2D eigenvalue weighted by molar-refractivity contribution is -0.134. The summed E-state index contributed by atoms with van der Waals surface area (Å²) in [6, 6.07) is 5.53. The molecular weight excluding hydrogens is 269 g/mol. The van der Waals surface area contributed by atoms with Gasteiger partial charge in [-0.2, -0.15) is 13.2 Å². The lowest BCUT2D eigenvalue weighted by Gasteiger charge is -2.17. The predicted molar refractivity (Wildman–Crippen MR) is 61.3 cm³/mol. The second-order valence-electron chi connectivity index (χ2n) is 3.91. The average Bonchev–Trinajstić information content (AvgIpc) is 2.24. The van der Waals surface area contributed by atoms with E-state index in [0.717, 1.165) is 6.26 Å². The molecular formula is C11H13F3O3S. The molecule has 3 nitrogen and oxygen atoms in total. The van der Waals surface area contributed by atoms with E-state index in [9.17, 15) is 21.6 Å². The molecule has 1 rings (SSSR count). The van der Waals surface area contributed by atoms with Crippen molar-refractivity contribution in [1.82, 2.24) is 0 Å². The van der Waals surface area contributed by atoms with Gasteiger partial charge < -0.3 is 4.74 Å². The molecule has 0 aliphatic rings. The standard InChI is InChI=1S/C11H13F3O3S/c1-17-9-5-3-8(4-6-9)10(18(2,15)16)7-11(12,13)14/h3-6,10H,7H2,1-2H3. The molecule has 0 aliphatic heterocycles. The van der Waals surface area contributed by atoms with E-state index in [0.29, 0.717) is 5.75 Å². The van der Waals surface area contributed by atoms with Crippen molar-refractivity contribution < 1.29 is 26.3 Å². The van der Waals surface area contributed by atoms with Gasteiger partial charge in [-0.15, -0.1) is 0 Å². The van der Waals surface area contributed by atoms with Crippen molar-refractivity contribution in [1.29, 1.82) is 0 Å². The Morgan fingerprint density at radius 2 is 1.72 bits per heavy atom. The van der Waals surface area contributed by atoms with Crippen molar-refractivity contribution in [3.63, 3.8) is 0 Å². The van der Waals surface area contributed by atoms with Crippen molar-refractivity contribution in [2.24, 2.45) is 0 Å².